The lowest BCUT2D eigenvalue weighted by Gasteiger charge is -2.26. The lowest BCUT2D eigenvalue weighted by molar-refractivity contribution is -0.132. The number of rotatable bonds is 4. The number of carbonyl (C=O) groups excluding carboxylic acids is 1. The molecule has 3 nitrogen and oxygen atoms in total. The van der Waals surface area contributed by atoms with Gasteiger partial charge in [0.25, 0.3) is 0 Å². The maximum atomic E-state index is 12.7. The molecule has 4 rings (SSSR count). The van der Waals surface area contributed by atoms with Crippen molar-refractivity contribution < 1.29 is 9.21 Å². The number of amides is 1. The summed E-state index contributed by atoms with van der Waals surface area (Å²) in [6.07, 6.45) is 8.10. The molecule has 0 saturated heterocycles. The Hall–Kier alpha value is -1.77. The summed E-state index contributed by atoms with van der Waals surface area (Å²) in [4.78, 5) is 14.8. The Morgan fingerprint density at radius 2 is 2.00 bits per heavy atom. The van der Waals surface area contributed by atoms with E-state index in [2.05, 4.69) is 30.9 Å². The number of hydrogen-bond acceptors (Lipinski definition) is 2. The van der Waals surface area contributed by atoms with E-state index in [0.717, 1.165) is 42.2 Å². The topological polar surface area (TPSA) is 33.5 Å². The fourth-order valence-corrected chi connectivity index (χ4v) is 3.81. The van der Waals surface area contributed by atoms with Crippen LogP contribution in [-0.2, 0) is 24.1 Å². The van der Waals surface area contributed by atoms with E-state index in [9.17, 15) is 4.79 Å². The summed E-state index contributed by atoms with van der Waals surface area (Å²) < 4.78 is 5.72. The molecule has 2 aliphatic rings. The van der Waals surface area contributed by atoms with Crippen molar-refractivity contribution in [3.8, 4) is 0 Å². The predicted octanol–water partition coefficient (Wildman–Crippen LogP) is 3.86. The van der Waals surface area contributed by atoms with Crippen LogP contribution in [0.1, 0.15) is 49.8 Å². The summed E-state index contributed by atoms with van der Waals surface area (Å²) in [5, 5.41) is 1.13. The van der Waals surface area contributed by atoms with Gasteiger partial charge in [-0.25, -0.2) is 0 Å². The molecule has 1 heterocycles. The Balaban J connectivity index is 1.62. The van der Waals surface area contributed by atoms with Gasteiger partial charge in [-0.2, -0.15) is 0 Å². The Bertz CT molecular complexity index is 722. The molecule has 0 atom stereocenters. The van der Waals surface area contributed by atoms with E-state index >= 15 is 0 Å². The molecule has 1 aromatic carbocycles. The van der Waals surface area contributed by atoms with Crippen molar-refractivity contribution in [3.63, 3.8) is 0 Å². The zero-order valence-corrected chi connectivity index (χ0v) is 13.4. The Labute approximate surface area is 131 Å². The van der Waals surface area contributed by atoms with E-state index < -0.39 is 0 Å². The van der Waals surface area contributed by atoms with Gasteiger partial charge in [0.2, 0.25) is 5.91 Å². The van der Waals surface area contributed by atoms with Crippen LogP contribution in [0.15, 0.2) is 22.8 Å². The maximum absolute atomic E-state index is 12.7. The minimum atomic E-state index is 0.237. The van der Waals surface area contributed by atoms with Gasteiger partial charge in [0.1, 0.15) is 5.58 Å². The van der Waals surface area contributed by atoms with Gasteiger partial charge < -0.3 is 9.32 Å². The highest BCUT2D eigenvalue weighted by Gasteiger charge is 2.34. The van der Waals surface area contributed by atoms with Crippen LogP contribution in [0.5, 0.6) is 0 Å². The summed E-state index contributed by atoms with van der Waals surface area (Å²) in [6, 6.07) is 5.17. The molecule has 0 bridgehead atoms. The molecule has 0 aliphatic heterocycles. The molecular weight excluding hydrogens is 274 g/mol. The molecule has 2 aromatic rings. The molecule has 0 unspecified atom stereocenters. The minimum Gasteiger partial charge on any atom is -0.464 e. The molecule has 116 valence electrons. The Morgan fingerprint density at radius 1 is 1.27 bits per heavy atom. The Kier molecular flexibility index (Phi) is 3.24. The highest BCUT2D eigenvalue weighted by atomic mass is 16.3. The van der Waals surface area contributed by atoms with Crippen LogP contribution >= 0.6 is 0 Å². The molecule has 22 heavy (non-hydrogen) atoms. The largest absolute Gasteiger partial charge is 0.464 e. The third-order valence-electron chi connectivity index (χ3n) is 4.99. The smallest absolute Gasteiger partial charge is 0.227 e. The van der Waals surface area contributed by atoms with Crippen molar-refractivity contribution >= 4 is 16.9 Å². The number of aryl methyl sites for hydroxylation is 2. The van der Waals surface area contributed by atoms with E-state index in [0.29, 0.717) is 12.5 Å². The minimum absolute atomic E-state index is 0.237. The third-order valence-corrected chi connectivity index (χ3v) is 4.99. The first-order chi connectivity index (χ1) is 10.6. The van der Waals surface area contributed by atoms with E-state index in [-0.39, 0.29) is 11.9 Å². The summed E-state index contributed by atoms with van der Waals surface area (Å²) in [5.74, 6) is 0.237. The monoisotopic (exact) mass is 297 g/mol. The van der Waals surface area contributed by atoms with E-state index in [1.165, 1.54) is 17.5 Å². The number of nitrogens with zero attached hydrogens (tertiary/aromatic N) is 1. The van der Waals surface area contributed by atoms with Crippen LogP contribution in [0, 0.1) is 0 Å². The SMILES string of the molecule is CC(C)N(C(=O)Cc1coc2cc3c(cc12)CCC3)C1CC1. The molecule has 1 aromatic heterocycles. The molecule has 1 fully saturated rings. The Morgan fingerprint density at radius 3 is 2.68 bits per heavy atom. The second kappa shape index (κ2) is 5.15. The lowest BCUT2D eigenvalue weighted by atomic mass is 10.0. The van der Waals surface area contributed by atoms with Crippen molar-refractivity contribution in [2.45, 2.75) is 64.5 Å². The first kappa shape index (κ1) is 13.9. The quantitative estimate of drug-likeness (QED) is 0.858. The average Bonchev–Trinajstić information content (AvgIpc) is 3.06. The van der Waals surface area contributed by atoms with Gasteiger partial charge in [-0.05, 0) is 69.2 Å². The number of hydrogen-bond donors (Lipinski definition) is 0. The molecule has 3 heteroatoms. The van der Waals surface area contributed by atoms with Gasteiger partial charge in [-0.1, -0.05) is 0 Å². The summed E-state index contributed by atoms with van der Waals surface area (Å²) in [5.41, 5.74) is 4.83. The van der Waals surface area contributed by atoms with Crippen LogP contribution in [-0.4, -0.2) is 22.9 Å². The third kappa shape index (κ3) is 2.33. The molecule has 0 radical (unpaired) electrons. The van der Waals surface area contributed by atoms with E-state index in [1.807, 2.05) is 0 Å². The number of furan rings is 1. The highest BCUT2D eigenvalue weighted by molar-refractivity contribution is 5.89. The van der Waals surface area contributed by atoms with Gasteiger partial charge >= 0.3 is 0 Å². The van der Waals surface area contributed by atoms with Crippen molar-refractivity contribution in [2.24, 2.45) is 0 Å². The van der Waals surface area contributed by atoms with Gasteiger partial charge in [0, 0.05) is 23.0 Å². The van der Waals surface area contributed by atoms with Crippen LogP contribution in [0.2, 0.25) is 0 Å². The van der Waals surface area contributed by atoms with Gasteiger partial charge in [0.15, 0.2) is 0 Å². The number of benzene rings is 1. The van der Waals surface area contributed by atoms with Crippen LogP contribution < -0.4 is 0 Å². The fraction of sp³-hybridized carbons (Fsp3) is 0.526. The van der Waals surface area contributed by atoms with Crippen molar-refractivity contribution in [1.29, 1.82) is 0 Å². The van der Waals surface area contributed by atoms with E-state index in [1.54, 1.807) is 6.26 Å². The molecule has 0 N–H and O–H groups in total. The zero-order valence-electron chi connectivity index (χ0n) is 13.4. The van der Waals surface area contributed by atoms with Crippen molar-refractivity contribution in [1.82, 2.24) is 4.90 Å². The summed E-state index contributed by atoms with van der Waals surface area (Å²) in [7, 11) is 0. The first-order valence-electron chi connectivity index (χ1n) is 8.46. The van der Waals surface area contributed by atoms with Crippen LogP contribution in [0.25, 0.3) is 11.0 Å². The molecule has 1 amide bonds. The van der Waals surface area contributed by atoms with Gasteiger partial charge in [0.05, 0.1) is 12.7 Å². The summed E-state index contributed by atoms with van der Waals surface area (Å²) in [6.45, 7) is 4.22. The van der Waals surface area contributed by atoms with Crippen molar-refractivity contribution in [3.05, 3.63) is 35.1 Å². The molecule has 2 aliphatic carbocycles. The molecule has 1 saturated carbocycles. The lowest BCUT2D eigenvalue weighted by Crippen LogP contribution is -2.39. The first-order valence-corrected chi connectivity index (χ1v) is 8.46. The second-order valence-corrected chi connectivity index (χ2v) is 7.03. The van der Waals surface area contributed by atoms with Gasteiger partial charge in [-0.3, -0.25) is 4.79 Å². The zero-order chi connectivity index (χ0) is 15.3. The van der Waals surface area contributed by atoms with Crippen LogP contribution in [0.3, 0.4) is 0 Å². The highest BCUT2D eigenvalue weighted by Crippen LogP contribution is 2.32. The van der Waals surface area contributed by atoms with E-state index in [4.69, 9.17) is 4.42 Å². The molecular formula is C19H23NO2. The standard InChI is InChI=1S/C19H23NO2/c1-12(2)20(16-6-7-16)19(21)10-15-11-22-18-9-14-5-3-4-13(14)8-17(15)18/h8-9,11-12,16H,3-7,10H2,1-2H3. The molecule has 0 spiro atoms. The summed E-state index contributed by atoms with van der Waals surface area (Å²) >= 11 is 0. The fourth-order valence-electron chi connectivity index (χ4n) is 3.81. The maximum Gasteiger partial charge on any atom is 0.227 e. The predicted molar refractivity (Wildman–Crippen MR) is 86.9 cm³/mol. The number of fused-ring (bicyclic) bond motifs is 2. The van der Waals surface area contributed by atoms with Crippen LogP contribution in [0.4, 0.5) is 0 Å². The second-order valence-electron chi connectivity index (χ2n) is 7.03. The van der Waals surface area contributed by atoms with Crippen molar-refractivity contribution in [2.75, 3.05) is 0 Å². The number of carbonyl (C=O) groups is 1. The average molecular weight is 297 g/mol. The van der Waals surface area contributed by atoms with Gasteiger partial charge in [-0.15, -0.1) is 0 Å². The normalized spacial score (nSPS) is 17.2.